The summed E-state index contributed by atoms with van der Waals surface area (Å²) in [6, 6.07) is 6.35. The third kappa shape index (κ3) is 2.08. The van der Waals surface area contributed by atoms with Gasteiger partial charge in [0.15, 0.2) is 0 Å². The lowest BCUT2D eigenvalue weighted by Gasteiger charge is -2.01. The maximum Gasteiger partial charge on any atom is 0.0889 e. The van der Waals surface area contributed by atoms with Gasteiger partial charge in [-0.15, -0.1) is 8.58 Å². The van der Waals surface area contributed by atoms with Gasteiger partial charge in [-0.05, 0) is 30.0 Å². The van der Waals surface area contributed by atoms with Gasteiger partial charge in [0.05, 0.1) is 11.0 Å². The van der Waals surface area contributed by atoms with Crippen molar-refractivity contribution in [3.63, 3.8) is 0 Å². The van der Waals surface area contributed by atoms with Crippen LogP contribution in [0.15, 0.2) is 30.6 Å². The molecule has 0 saturated carbocycles. The number of fused-ring (bicyclic) bond motifs is 1. The van der Waals surface area contributed by atoms with E-state index in [0.29, 0.717) is 0 Å². The van der Waals surface area contributed by atoms with Gasteiger partial charge in [-0.1, -0.05) is 13.0 Å². The van der Waals surface area contributed by atoms with Gasteiger partial charge in [-0.3, -0.25) is 9.97 Å². The second-order valence-electron chi connectivity index (χ2n) is 3.16. The molecule has 0 amide bonds. The number of rotatable bonds is 3. The van der Waals surface area contributed by atoms with E-state index in [0.717, 1.165) is 19.6 Å². The highest BCUT2D eigenvalue weighted by Gasteiger charge is 1.97. The molecule has 72 valence electrons. The van der Waals surface area contributed by atoms with Crippen LogP contribution in [0.1, 0.15) is 12.5 Å². The highest BCUT2D eigenvalue weighted by molar-refractivity contribution is 7.37. The van der Waals surface area contributed by atoms with Gasteiger partial charge in [0.1, 0.15) is 0 Å². The van der Waals surface area contributed by atoms with Gasteiger partial charge >= 0.3 is 0 Å². The molecular weight excluding hydrogens is 191 g/mol. The van der Waals surface area contributed by atoms with Crippen LogP contribution >= 0.6 is 8.58 Å². The Bertz CT molecular complexity index is 428. The summed E-state index contributed by atoms with van der Waals surface area (Å²) in [4.78, 5) is 8.53. The molecule has 2 nitrogen and oxygen atoms in total. The Kier molecular flexibility index (Phi) is 3.05. The van der Waals surface area contributed by atoms with E-state index >= 15 is 0 Å². The van der Waals surface area contributed by atoms with Gasteiger partial charge in [-0.2, -0.15) is 0 Å². The Labute approximate surface area is 85.6 Å². The molecule has 0 aliphatic rings. The summed E-state index contributed by atoms with van der Waals surface area (Å²) in [5, 5.41) is 0. The highest BCUT2D eigenvalue weighted by atomic mass is 31.1. The van der Waals surface area contributed by atoms with Crippen LogP contribution in [0.5, 0.6) is 0 Å². The normalized spacial score (nSPS) is 11.5. The van der Waals surface area contributed by atoms with Gasteiger partial charge in [0, 0.05) is 12.4 Å². The minimum absolute atomic E-state index is 0.982. The van der Waals surface area contributed by atoms with E-state index in [-0.39, 0.29) is 0 Å². The zero-order valence-electron chi connectivity index (χ0n) is 8.20. The molecule has 2 aromatic rings. The number of hydrogen-bond donors (Lipinski definition) is 0. The van der Waals surface area contributed by atoms with Crippen LogP contribution in [0.25, 0.3) is 11.0 Å². The largest absolute Gasteiger partial charge is 0.253 e. The Balaban J connectivity index is 2.32. The molecule has 0 N–H and O–H groups in total. The van der Waals surface area contributed by atoms with Crippen LogP contribution in [-0.2, 0) is 6.16 Å². The smallest absolute Gasteiger partial charge is 0.0889 e. The van der Waals surface area contributed by atoms with E-state index in [1.165, 1.54) is 17.9 Å². The fourth-order valence-corrected chi connectivity index (χ4v) is 2.15. The van der Waals surface area contributed by atoms with Gasteiger partial charge in [0.2, 0.25) is 0 Å². The molecule has 0 saturated heterocycles. The average Bonchev–Trinajstić information content (AvgIpc) is 2.26. The molecule has 1 aromatic carbocycles. The molecule has 0 fully saturated rings. The first-order valence-corrected chi connectivity index (χ1v) is 6.22. The van der Waals surface area contributed by atoms with E-state index in [1.807, 2.05) is 0 Å². The summed E-state index contributed by atoms with van der Waals surface area (Å²) in [6.45, 7) is 2.22. The van der Waals surface area contributed by atoms with E-state index < -0.39 is 0 Å². The average molecular weight is 204 g/mol. The molecule has 3 heteroatoms. The van der Waals surface area contributed by atoms with Crippen molar-refractivity contribution < 1.29 is 0 Å². The number of benzene rings is 1. The third-order valence-corrected chi connectivity index (χ3v) is 3.27. The molecule has 2 rings (SSSR count). The zero-order valence-corrected chi connectivity index (χ0v) is 9.20. The van der Waals surface area contributed by atoms with Gasteiger partial charge in [-0.25, -0.2) is 0 Å². The topological polar surface area (TPSA) is 25.8 Å². The van der Waals surface area contributed by atoms with Crippen LogP contribution in [0.2, 0.25) is 0 Å². The van der Waals surface area contributed by atoms with Crippen LogP contribution in [0.3, 0.4) is 0 Å². The summed E-state index contributed by atoms with van der Waals surface area (Å²) in [6.07, 6.45) is 5.91. The Morgan fingerprint density at radius 1 is 1.14 bits per heavy atom. The minimum Gasteiger partial charge on any atom is -0.253 e. The Morgan fingerprint density at radius 2 is 1.93 bits per heavy atom. The van der Waals surface area contributed by atoms with Crippen molar-refractivity contribution in [3.05, 3.63) is 36.2 Å². The Morgan fingerprint density at radius 3 is 2.71 bits per heavy atom. The van der Waals surface area contributed by atoms with Crippen molar-refractivity contribution in [1.29, 1.82) is 0 Å². The van der Waals surface area contributed by atoms with Crippen LogP contribution in [-0.4, -0.2) is 16.1 Å². The van der Waals surface area contributed by atoms with Gasteiger partial charge < -0.3 is 0 Å². The van der Waals surface area contributed by atoms with Crippen LogP contribution in [0, 0.1) is 0 Å². The third-order valence-electron chi connectivity index (χ3n) is 2.11. The van der Waals surface area contributed by atoms with E-state index in [2.05, 4.69) is 35.1 Å². The zero-order chi connectivity index (χ0) is 9.80. The number of hydrogen-bond acceptors (Lipinski definition) is 2. The van der Waals surface area contributed by atoms with E-state index in [1.54, 1.807) is 12.4 Å². The highest BCUT2D eigenvalue weighted by Crippen LogP contribution is 2.19. The molecule has 1 aromatic heterocycles. The number of aromatic nitrogens is 2. The molecule has 0 spiro atoms. The van der Waals surface area contributed by atoms with Crippen molar-refractivity contribution in [3.8, 4) is 0 Å². The molecule has 1 heterocycles. The van der Waals surface area contributed by atoms with Crippen molar-refractivity contribution in [1.82, 2.24) is 9.97 Å². The first kappa shape index (κ1) is 9.54. The fourth-order valence-electron chi connectivity index (χ4n) is 1.39. The van der Waals surface area contributed by atoms with Crippen molar-refractivity contribution in [2.75, 3.05) is 6.16 Å². The van der Waals surface area contributed by atoms with Crippen LogP contribution in [0.4, 0.5) is 0 Å². The summed E-state index contributed by atoms with van der Waals surface area (Å²) in [5.41, 5.74) is 3.36. The molecule has 0 radical (unpaired) electrons. The van der Waals surface area contributed by atoms with Crippen molar-refractivity contribution >= 4 is 19.6 Å². The SMILES string of the molecule is CCPCc1ccc2nccnc2c1. The Hall–Kier alpha value is -1.01. The lowest BCUT2D eigenvalue weighted by Crippen LogP contribution is -1.85. The molecule has 14 heavy (non-hydrogen) atoms. The minimum atomic E-state index is 0.982. The quantitative estimate of drug-likeness (QED) is 0.718. The van der Waals surface area contributed by atoms with Crippen LogP contribution < -0.4 is 0 Å². The molecule has 0 aliphatic carbocycles. The maximum atomic E-state index is 4.29. The molecule has 0 aliphatic heterocycles. The standard InChI is InChI=1S/C11H13N2P/c1-2-14-8-9-3-4-10-11(7-9)13-6-5-12-10/h3-7,14H,2,8H2,1H3. The van der Waals surface area contributed by atoms with Crippen molar-refractivity contribution in [2.24, 2.45) is 0 Å². The maximum absolute atomic E-state index is 4.29. The lowest BCUT2D eigenvalue weighted by atomic mass is 10.2. The monoisotopic (exact) mass is 204 g/mol. The van der Waals surface area contributed by atoms with Gasteiger partial charge in [0.25, 0.3) is 0 Å². The predicted molar refractivity (Wildman–Crippen MR) is 62.1 cm³/mol. The fraction of sp³-hybridized carbons (Fsp3) is 0.273. The molecule has 1 atom stereocenters. The molecule has 1 unspecified atom stereocenters. The lowest BCUT2D eigenvalue weighted by molar-refractivity contribution is 1.28. The van der Waals surface area contributed by atoms with E-state index in [9.17, 15) is 0 Å². The first-order chi connectivity index (χ1) is 6.90. The summed E-state index contributed by atoms with van der Waals surface area (Å²) in [5.74, 6) is 0. The summed E-state index contributed by atoms with van der Waals surface area (Å²) in [7, 11) is 1.02. The molecule has 0 bridgehead atoms. The predicted octanol–water partition coefficient (Wildman–Crippen LogP) is 2.83. The second-order valence-corrected chi connectivity index (χ2v) is 4.72. The first-order valence-electron chi connectivity index (χ1n) is 4.80. The number of nitrogens with zero attached hydrogens (tertiary/aromatic N) is 2. The summed E-state index contributed by atoms with van der Waals surface area (Å²) >= 11 is 0. The molecular formula is C11H13N2P. The second kappa shape index (κ2) is 4.47. The van der Waals surface area contributed by atoms with Crippen molar-refractivity contribution in [2.45, 2.75) is 13.1 Å². The van der Waals surface area contributed by atoms with E-state index in [4.69, 9.17) is 0 Å². The summed E-state index contributed by atoms with van der Waals surface area (Å²) < 4.78 is 0.